The van der Waals surface area contributed by atoms with E-state index in [2.05, 4.69) is 25.6 Å². The van der Waals surface area contributed by atoms with Gasteiger partial charge in [-0.25, -0.2) is 18.7 Å². The van der Waals surface area contributed by atoms with Gasteiger partial charge in [-0.1, -0.05) is 23.7 Å². The van der Waals surface area contributed by atoms with Gasteiger partial charge >= 0.3 is 0 Å². The molecule has 168 valence electrons. The zero-order valence-corrected chi connectivity index (χ0v) is 17.9. The van der Waals surface area contributed by atoms with Gasteiger partial charge in [-0.05, 0) is 18.6 Å². The lowest BCUT2D eigenvalue weighted by Gasteiger charge is -2.35. The maximum absolute atomic E-state index is 13.1. The van der Waals surface area contributed by atoms with E-state index in [4.69, 9.17) is 11.6 Å². The zero-order chi connectivity index (χ0) is 22.9. The first kappa shape index (κ1) is 22.1. The Morgan fingerprint density at radius 3 is 2.84 bits per heavy atom. The second-order valence-electron chi connectivity index (χ2n) is 7.69. The predicted octanol–water partition coefficient (Wildman–Crippen LogP) is 3.26. The Morgan fingerprint density at radius 2 is 2.12 bits per heavy atom. The molecule has 0 spiro atoms. The van der Waals surface area contributed by atoms with Gasteiger partial charge < -0.3 is 15.7 Å². The van der Waals surface area contributed by atoms with Crippen molar-refractivity contribution < 1.29 is 18.7 Å². The van der Waals surface area contributed by atoms with Crippen molar-refractivity contribution in [2.75, 3.05) is 5.32 Å². The molecular weight excluding hydrogens is 442 g/mol. The van der Waals surface area contributed by atoms with E-state index in [-0.39, 0.29) is 43.7 Å². The first-order valence-corrected chi connectivity index (χ1v) is 10.3. The standard InChI is InChI=1S/C21H21ClF2N6O2/c1-12-7-26-20(28-14-5-21(23,24)6-14)29-18(12)30-9-17(27-11-30)19(32)25-8-13-3-2-4-16(22)15(13)10-31/h2-4,7,9,11,14,31H,5-6,8,10H2,1H3,(H,25,32)(H,26,28,29). The third-order valence-electron chi connectivity index (χ3n) is 5.24. The Bertz CT molecular complexity index is 1150. The second-order valence-corrected chi connectivity index (χ2v) is 8.10. The van der Waals surface area contributed by atoms with Crippen LogP contribution in [0.3, 0.4) is 0 Å². The van der Waals surface area contributed by atoms with Gasteiger partial charge in [-0.3, -0.25) is 9.36 Å². The van der Waals surface area contributed by atoms with Crippen LogP contribution in [0.5, 0.6) is 0 Å². The maximum atomic E-state index is 13.1. The summed E-state index contributed by atoms with van der Waals surface area (Å²) in [5.74, 6) is -2.32. The number of aliphatic hydroxyl groups is 1. The summed E-state index contributed by atoms with van der Waals surface area (Å²) in [6, 6.07) is 4.81. The van der Waals surface area contributed by atoms with Gasteiger partial charge in [0.1, 0.15) is 17.8 Å². The lowest BCUT2D eigenvalue weighted by atomic mass is 9.88. The highest BCUT2D eigenvalue weighted by Crippen LogP contribution is 2.38. The number of nitrogens with zero attached hydrogens (tertiary/aromatic N) is 4. The van der Waals surface area contributed by atoms with E-state index in [1.54, 1.807) is 35.9 Å². The molecule has 11 heteroatoms. The lowest BCUT2D eigenvalue weighted by Crippen LogP contribution is -2.44. The van der Waals surface area contributed by atoms with Crippen LogP contribution < -0.4 is 10.6 Å². The minimum atomic E-state index is -2.64. The number of hydrogen-bond acceptors (Lipinski definition) is 6. The number of amides is 1. The Balaban J connectivity index is 1.45. The molecule has 0 saturated heterocycles. The monoisotopic (exact) mass is 462 g/mol. The SMILES string of the molecule is Cc1cnc(NC2CC(F)(F)C2)nc1-n1cnc(C(=O)NCc2cccc(Cl)c2CO)c1. The second kappa shape index (κ2) is 8.79. The molecule has 0 bridgehead atoms. The molecule has 8 nitrogen and oxygen atoms in total. The number of anilines is 1. The summed E-state index contributed by atoms with van der Waals surface area (Å²) < 4.78 is 27.7. The van der Waals surface area contributed by atoms with Gasteiger partial charge in [-0.2, -0.15) is 4.98 Å². The molecule has 0 unspecified atom stereocenters. The minimum Gasteiger partial charge on any atom is -0.392 e. The van der Waals surface area contributed by atoms with E-state index in [1.165, 1.54) is 12.5 Å². The van der Waals surface area contributed by atoms with E-state index in [9.17, 15) is 18.7 Å². The maximum Gasteiger partial charge on any atom is 0.271 e. The number of carbonyl (C=O) groups is 1. The number of aromatic nitrogens is 4. The highest BCUT2D eigenvalue weighted by Gasteiger charge is 2.45. The summed E-state index contributed by atoms with van der Waals surface area (Å²) in [5, 5.41) is 15.6. The lowest BCUT2D eigenvalue weighted by molar-refractivity contribution is -0.0794. The Hall–Kier alpha value is -3.11. The summed E-state index contributed by atoms with van der Waals surface area (Å²) in [7, 11) is 0. The van der Waals surface area contributed by atoms with E-state index in [0.717, 1.165) is 5.56 Å². The number of rotatable bonds is 7. The van der Waals surface area contributed by atoms with Gasteiger partial charge in [-0.15, -0.1) is 0 Å². The number of aryl methyl sites for hydroxylation is 1. The number of nitrogens with one attached hydrogen (secondary N) is 2. The summed E-state index contributed by atoms with van der Waals surface area (Å²) in [6.07, 6.45) is 4.05. The highest BCUT2D eigenvalue weighted by atomic mass is 35.5. The van der Waals surface area contributed by atoms with Crippen molar-refractivity contribution >= 4 is 23.5 Å². The summed E-state index contributed by atoms with van der Waals surface area (Å²) in [5.41, 5.74) is 2.16. The van der Waals surface area contributed by atoms with Crippen LogP contribution in [0.1, 0.15) is 40.0 Å². The molecule has 1 fully saturated rings. The number of alkyl halides is 2. The van der Waals surface area contributed by atoms with Crippen LogP contribution in [0.2, 0.25) is 5.02 Å². The van der Waals surface area contributed by atoms with Crippen LogP contribution in [0.25, 0.3) is 5.82 Å². The Kier molecular flexibility index (Phi) is 6.07. The predicted molar refractivity (Wildman–Crippen MR) is 114 cm³/mol. The average molecular weight is 463 g/mol. The fraction of sp³-hybridized carbons (Fsp3) is 0.333. The largest absolute Gasteiger partial charge is 0.392 e. The van der Waals surface area contributed by atoms with Gasteiger partial charge in [0.15, 0.2) is 0 Å². The molecule has 0 aliphatic heterocycles. The molecule has 3 aromatic rings. The molecular formula is C21H21ClF2N6O2. The quantitative estimate of drug-likeness (QED) is 0.498. The fourth-order valence-electron chi connectivity index (χ4n) is 3.48. The topological polar surface area (TPSA) is 105 Å². The number of benzene rings is 1. The van der Waals surface area contributed by atoms with Gasteiger partial charge in [0, 0.05) is 54.0 Å². The molecule has 2 heterocycles. The van der Waals surface area contributed by atoms with Crippen molar-refractivity contribution in [1.29, 1.82) is 0 Å². The molecule has 0 atom stereocenters. The number of aliphatic hydroxyl groups excluding tert-OH is 1. The molecule has 3 N–H and O–H groups in total. The molecule has 1 amide bonds. The van der Waals surface area contributed by atoms with Crippen molar-refractivity contribution in [3.05, 3.63) is 64.3 Å². The molecule has 1 aromatic carbocycles. The molecule has 1 aliphatic rings. The first-order chi connectivity index (χ1) is 15.3. The van der Waals surface area contributed by atoms with Crippen LogP contribution in [0, 0.1) is 6.92 Å². The smallest absolute Gasteiger partial charge is 0.271 e. The number of imidazole rings is 1. The van der Waals surface area contributed by atoms with Crippen molar-refractivity contribution in [3.63, 3.8) is 0 Å². The van der Waals surface area contributed by atoms with Gasteiger partial charge in [0.2, 0.25) is 5.95 Å². The number of hydrogen-bond donors (Lipinski definition) is 3. The van der Waals surface area contributed by atoms with Crippen LogP contribution in [0.15, 0.2) is 36.9 Å². The third-order valence-corrected chi connectivity index (χ3v) is 5.60. The number of carbonyl (C=O) groups excluding carboxylic acids is 1. The molecule has 4 rings (SSSR count). The highest BCUT2D eigenvalue weighted by molar-refractivity contribution is 6.31. The Labute approximate surface area is 187 Å². The van der Waals surface area contributed by atoms with Gasteiger partial charge in [0.25, 0.3) is 11.8 Å². The molecule has 32 heavy (non-hydrogen) atoms. The molecule has 1 saturated carbocycles. The molecule has 0 radical (unpaired) electrons. The summed E-state index contributed by atoms with van der Waals surface area (Å²) in [4.78, 5) is 25.2. The van der Waals surface area contributed by atoms with E-state index < -0.39 is 11.8 Å². The van der Waals surface area contributed by atoms with E-state index in [0.29, 0.717) is 22.0 Å². The van der Waals surface area contributed by atoms with Crippen molar-refractivity contribution in [2.24, 2.45) is 0 Å². The van der Waals surface area contributed by atoms with Crippen molar-refractivity contribution in [3.8, 4) is 5.82 Å². The normalized spacial score (nSPS) is 15.3. The van der Waals surface area contributed by atoms with E-state index in [1.807, 2.05) is 0 Å². The molecule has 2 aromatic heterocycles. The minimum absolute atomic E-state index is 0.170. The third kappa shape index (κ3) is 4.71. The van der Waals surface area contributed by atoms with Gasteiger partial charge in [0.05, 0.1) is 6.61 Å². The van der Waals surface area contributed by atoms with Crippen molar-refractivity contribution in [2.45, 2.75) is 44.9 Å². The zero-order valence-electron chi connectivity index (χ0n) is 17.1. The van der Waals surface area contributed by atoms with E-state index >= 15 is 0 Å². The number of halogens is 3. The first-order valence-electron chi connectivity index (χ1n) is 9.93. The van der Waals surface area contributed by atoms with Crippen LogP contribution in [-0.4, -0.2) is 42.5 Å². The summed E-state index contributed by atoms with van der Waals surface area (Å²) >= 11 is 6.08. The van der Waals surface area contributed by atoms with Crippen LogP contribution >= 0.6 is 11.6 Å². The fourth-order valence-corrected chi connectivity index (χ4v) is 3.73. The Morgan fingerprint density at radius 1 is 1.34 bits per heavy atom. The summed E-state index contributed by atoms with van der Waals surface area (Å²) in [6.45, 7) is 1.74. The van der Waals surface area contributed by atoms with Crippen LogP contribution in [0.4, 0.5) is 14.7 Å². The average Bonchev–Trinajstić information content (AvgIpc) is 3.22. The molecule has 1 aliphatic carbocycles. The van der Waals surface area contributed by atoms with Crippen molar-refractivity contribution in [1.82, 2.24) is 24.8 Å². The van der Waals surface area contributed by atoms with Crippen LogP contribution in [-0.2, 0) is 13.2 Å².